The number of hydrogen-bond acceptors (Lipinski definition) is 3. The molecule has 6 heteroatoms. The molecule has 0 aliphatic carbocycles. The minimum atomic E-state index is -4.74. The topological polar surface area (TPSA) is 39.2 Å². The first kappa shape index (κ1) is 13.1. The molecule has 98 valence electrons. The molecule has 0 atom stereocenters. The van der Waals surface area contributed by atoms with Gasteiger partial charge in [0, 0.05) is 23.5 Å². The second-order valence-corrected chi connectivity index (χ2v) is 3.64. The number of halogens is 3. The summed E-state index contributed by atoms with van der Waals surface area (Å²) in [5, 5.41) is 0. The van der Waals surface area contributed by atoms with E-state index in [2.05, 4.69) is 9.72 Å². The number of aromatic nitrogens is 1. The first-order valence-corrected chi connectivity index (χ1v) is 5.26. The van der Waals surface area contributed by atoms with Crippen LogP contribution in [0.2, 0.25) is 0 Å². The average Bonchev–Trinajstić information content (AvgIpc) is 2.38. The summed E-state index contributed by atoms with van der Waals surface area (Å²) in [5.41, 5.74) is 0.695. The summed E-state index contributed by atoms with van der Waals surface area (Å²) in [5.74, 6) is -0.653. The number of carbonyl (C=O) groups excluding carboxylic acids is 1. The summed E-state index contributed by atoms with van der Waals surface area (Å²) in [6.45, 7) is 0. The lowest BCUT2D eigenvalue weighted by atomic mass is 10.0. The highest BCUT2D eigenvalue weighted by Gasteiger charge is 2.31. The Labute approximate surface area is 106 Å². The molecule has 2 rings (SSSR count). The normalized spacial score (nSPS) is 11.1. The lowest BCUT2D eigenvalue weighted by Gasteiger charge is -2.09. The van der Waals surface area contributed by atoms with Gasteiger partial charge in [0.15, 0.2) is 5.78 Å². The van der Waals surface area contributed by atoms with E-state index in [1.165, 1.54) is 36.7 Å². The van der Waals surface area contributed by atoms with Gasteiger partial charge in [0.05, 0.1) is 0 Å². The van der Waals surface area contributed by atoms with E-state index in [1.807, 2.05) is 0 Å². The van der Waals surface area contributed by atoms with E-state index in [0.29, 0.717) is 5.56 Å². The maximum absolute atomic E-state index is 12.0. The Hall–Kier alpha value is -2.37. The molecule has 1 heterocycles. The van der Waals surface area contributed by atoms with E-state index in [4.69, 9.17) is 0 Å². The molecule has 1 aromatic heterocycles. The van der Waals surface area contributed by atoms with Crippen molar-refractivity contribution in [2.24, 2.45) is 0 Å². The van der Waals surface area contributed by atoms with Crippen LogP contribution in [0.3, 0.4) is 0 Å². The minimum Gasteiger partial charge on any atom is -0.406 e. The molecule has 3 nitrogen and oxygen atoms in total. The molecule has 0 fully saturated rings. The number of ether oxygens (including phenoxy) is 1. The Morgan fingerprint density at radius 2 is 1.47 bits per heavy atom. The average molecular weight is 267 g/mol. The van der Waals surface area contributed by atoms with E-state index in [9.17, 15) is 18.0 Å². The lowest BCUT2D eigenvalue weighted by molar-refractivity contribution is -0.274. The molecule has 0 amide bonds. The van der Waals surface area contributed by atoms with Gasteiger partial charge in [-0.3, -0.25) is 9.78 Å². The van der Waals surface area contributed by atoms with Crippen LogP contribution in [0.25, 0.3) is 0 Å². The Morgan fingerprint density at radius 1 is 0.947 bits per heavy atom. The summed E-state index contributed by atoms with van der Waals surface area (Å²) in [7, 11) is 0. The highest BCUT2D eigenvalue weighted by Crippen LogP contribution is 2.23. The van der Waals surface area contributed by atoms with Crippen LogP contribution in [0.4, 0.5) is 13.2 Å². The van der Waals surface area contributed by atoms with Crippen molar-refractivity contribution < 1.29 is 22.7 Å². The Balaban J connectivity index is 2.17. The molecule has 0 unspecified atom stereocenters. The number of hydrogen-bond donors (Lipinski definition) is 0. The minimum absolute atomic E-state index is 0.278. The Bertz CT molecular complexity index is 565. The highest BCUT2D eigenvalue weighted by molar-refractivity contribution is 6.08. The molecule has 1 aromatic carbocycles. The molecule has 0 radical (unpaired) electrons. The first-order valence-electron chi connectivity index (χ1n) is 5.26. The van der Waals surface area contributed by atoms with Gasteiger partial charge < -0.3 is 4.74 Å². The van der Waals surface area contributed by atoms with Crippen molar-refractivity contribution >= 4 is 5.78 Å². The van der Waals surface area contributed by atoms with Crippen molar-refractivity contribution in [1.29, 1.82) is 0 Å². The van der Waals surface area contributed by atoms with Crippen LogP contribution in [0.5, 0.6) is 5.75 Å². The fourth-order valence-electron chi connectivity index (χ4n) is 1.48. The quantitative estimate of drug-likeness (QED) is 0.801. The highest BCUT2D eigenvalue weighted by atomic mass is 19.4. The van der Waals surface area contributed by atoms with Crippen LogP contribution >= 0.6 is 0 Å². The second kappa shape index (κ2) is 5.09. The van der Waals surface area contributed by atoms with Gasteiger partial charge >= 0.3 is 6.36 Å². The van der Waals surface area contributed by atoms with Crippen molar-refractivity contribution in [3.63, 3.8) is 0 Å². The predicted octanol–water partition coefficient (Wildman–Crippen LogP) is 3.21. The molecule has 19 heavy (non-hydrogen) atoms. The first-order chi connectivity index (χ1) is 8.96. The largest absolute Gasteiger partial charge is 0.573 e. The van der Waals surface area contributed by atoms with Crippen molar-refractivity contribution in [3.8, 4) is 5.75 Å². The third-order valence-corrected chi connectivity index (χ3v) is 2.29. The Morgan fingerprint density at radius 3 is 2.00 bits per heavy atom. The van der Waals surface area contributed by atoms with E-state index in [1.54, 1.807) is 0 Å². The molecular weight excluding hydrogens is 259 g/mol. The van der Waals surface area contributed by atoms with Crippen LogP contribution in [0, 0.1) is 0 Å². The van der Waals surface area contributed by atoms with Crippen molar-refractivity contribution in [2.45, 2.75) is 6.36 Å². The van der Waals surface area contributed by atoms with Gasteiger partial charge in [-0.1, -0.05) is 0 Å². The van der Waals surface area contributed by atoms with Crippen molar-refractivity contribution in [2.75, 3.05) is 0 Å². The number of rotatable bonds is 3. The van der Waals surface area contributed by atoms with Crippen LogP contribution in [0.1, 0.15) is 15.9 Å². The molecule has 0 aliphatic rings. The number of nitrogens with zero attached hydrogens (tertiary/aromatic N) is 1. The van der Waals surface area contributed by atoms with Crippen molar-refractivity contribution in [1.82, 2.24) is 4.98 Å². The molecular formula is C13H8F3NO2. The smallest absolute Gasteiger partial charge is 0.406 e. The number of benzene rings is 1. The molecule has 0 aliphatic heterocycles. The van der Waals surface area contributed by atoms with E-state index >= 15 is 0 Å². The summed E-state index contributed by atoms with van der Waals surface area (Å²) in [6.07, 6.45) is -1.81. The molecule has 0 N–H and O–H groups in total. The van der Waals surface area contributed by atoms with Gasteiger partial charge in [-0.15, -0.1) is 13.2 Å². The number of carbonyl (C=O) groups is 1. The van der Waals surface area contributed by atoms with Gasteiger partial charge in [0.1, 0.15) is 5.75 Å². The van der Waals surface area contributed by atoms with E-state index < -0.39 is 6.36 Å². The van der Waals surface area contributed by atoms with Gasteiger partial charge in [-0.05, 0) is 36.4 Å². The third-order valence-electron chi connectivity index (χ3n) is 2.29. The fourth-order valence-corrected chi connectivity index (χ4v) is 1.48. The van der Waals surface area contributed by atoms with Crippen LogP contribution in [-0.4, -0.2) is 17.1 Å². The van der Waals surface area contributed by atoms with E-state index in [-0.39, 0.29) is 17.1 Å². The monoisotopic (exact) mass is 267 g/mol. The van der Waals surface area contributed by atoms with Gasteiger partial charge in [0.2, 0.25) is 0 Å². The number of ketones is 1. The van der Waals surface area contributed by atoms with Gasteiger partial charge in [-0.25, -0.2) is 0 Å². The summed E-state index contributed by atoms with van der Waals surface area (Å²) >= 11 is 0. The molecule has 0 saturated carbocycles. The predicted molar refractivity (Wildman–Crippen MR) is 60.8 cm³/mol. The molecule has 0 saturated heterocycles. The Kier molecular flexibility index (Phi) is 3.50. The van der Waals surface area contributed by atoms with Crippen LogP contribution in [-0.2, 0) is 0 Å². The zero-order chi connectivity index (χ0) is 13.9. The maximum atomic E-state index is 12.0. The SMILES string of the molecule is O=C(c1ccncc1)c1ccc(OC(F)(F)F)cc1. The second-order valence-electron chi connectivity index (χ2n) is 3.64. The van der Waals surface area contributed by atoms with Crippen LogP contribution < -0.4 is 4.74 Å². The van der Waals surface area contributed by atoms with Crippen molar-refractivity contribution in [3.05, 3.63) is 59.9 Å². The fraction of sp³-hybridized carbons (Fsp3) is 0.0769. The molecule has 0 spiro atoms. The summed E-state index contributed by atoms with van der Waals surface area (Å²) in [4.78, 5) is 15.7. The van der Waals surface area contributed by atoms with Gasteiger partial charge in [0.25, 0.3) is 0 Å². The summed E-state index contributed by atoms with van der Waals surface area (Å²) in [6, 6.07) is 7.82. The number of alkyl halides is 3. The zero-order valence-corrected chi connectivity index (χ0v) is 9.52. The third kappa shape index (κ3) is 3.54. The molecule has 2 aromatic rings. The van der Waals surface area contributed by atoms with E-state index in [0.717, 1.165) is 12.1 Å². The standard InChI is InChI=1S/C13H8F3NO2/c14-13(15,16)19-11-3-1-9(2-4-11)12(18)10-5-7-17-8-6-10/h1-8H. The lowest BCUT2D eigenvalue weighted by Crippen LogP contribution is -2.17. The van der Waals surface area contributed by atoms with Crippen LogP contribution in [0.15, 0.2) is 48.8 Å². The molecule has 0 bridgehead atoms. The number of pyridine rings is 1. The maximum Gasteiger partial charge on any atom is 0.573 e. The summed E-state index contributed by atoms with van der Waals surface area (Å²) < 4.78 is 39.6. The van der Waals surface area contributed by atoms with Gasteiger partial charge in [-0.2, -0.15) is 0 Å². The zero-order valence-electron chi connectivity index (χ0n) is 9.52.